The molecule has 0 amide bonds. The first-order valence-electron chi connectivity index (χ1n) is 10.1. The molecule has 4 N–H and O–H groups in total. The predicted octanol–water partition coefficient (Wildman–Crippen LogP) is 3.89. The number of nitrogens with zero attached hydrogens (tertiary/aromatic N) is 2. The third-order valence-corrected chi connectivity index (χ3v) is 6.40. The summed E-state index contributed by atoms with van der Waals surface area (Å²) in [5.41, 5.74) is 3.42. The number of allylic oxidation sites excluding steroid dienone is 3. The van der Waals surface area contributed by atoms with E-state index in [0.717, 1.165) is 16.8 Å². The zero-order valence-corrected chi connectivity index (χ0v) is 21.1. The lowest BCUT2D eigenvalue weighted by Gasteiger charge is -2.17. The topological polar surface area (TPSA) is 169 Å². The molecule has 12 heteroatoms. The minimum Gasteiger partial charge on any atom is -0.340 e. The van der Waals surface area contributed by atoms with E-state index in [0.29, 0.717) is 29.2 Å². The van der Waals surface area contributed by atoms with E-state index in [-0.39, 0.29) is 0 Å². The average Bonchev–Trinajstić information content (AvgIpc) is 2.94. The molecule has 0 saturated heterocycles. The lowest BCUT2D eigenvalue weighted by atomic mass is 10.1. The van der Waals surface area contributed by atoms with Crippen LogP contribution in [0.15, 0.2) is 66.4 Å². The van der Waals surface area contributed by atoms with Crippen molar-refractivity contribution < 1.29 is 25.9 Å². The molecule has 2 aromatic rings. The molecule has 1 heterocycles. The van der Waals surface area contributed by atoms with Gasteiger partial charge in [-0.2, -0.15) is 22.1 Å². The number of benzene rings is 1. The number of nitriles is 1. The van der Waals surface area contributed by atoms with E-state index in [1.54, 1.807) is 6.08 Å². The van der Waals surface area contributed by atoms with E-state index >= 15 is 0 Å². The Morgan fingerprint density at radius 3 is 2.11 bits per heavy atom. The van der Waals surface area contributed by atoms with Crippen LogP contribution in [-0.2, 0) is 20.2 Å². The minimum atomic E-state index is -4.32. The maximum absolute atomic E-state index is 11.7. The molecule has 186 valence electrons. The third-order valence-electron chi connectivity index (χ3n) is 5.02. The van der Waals surface area contributed by atoms with Crippen LogP contribution in [0.5, 0.6) is 0 Å². The third kappa shape index (κ3) is 7.76. The molecular weight excluding hydrogens is 492 g/mol. The molecule has 0 radical (unpaired) electrons. The number of pyridine rings is 1. The Bertz CT molecular complexity index is 1430. The van der Waals surface area contributed by atoms with Gasteiger partial charge in [0.2, 0.25) is 0 Å². The van der Waals surface area contributed by atoms with Gasteiger partial charge in [-0.3, -0.25) is 9.11 Å². The zero-order valence-electron chi connectivity index (χ0n) is 19.5. The van der Waals surface area contributed by atoms with Crippen LogP contribution >= 0.6 is 0 Å². The normalized spacial score (nSPS) is 17.3. The van der Waals surface area contributed by atoms with Crippen molar-refractivity contribution in [2.45, 2.75) is 25.5 Å². The van der Waals surface area contributed by atoms with Crippen molar-refractivity contribution in [2.24, 2.45) is 0 Å². The monoisotopic (exact) mass is 518 g/mol. The number of nitrogens with one attached hydrogen (secondary N) is 2. The van der Waals surface area contributed by atoms with E-state index in [1.807, 2.05) is 44.2 Å². The summed E-state index contributed by atoms with van der Waals surface area (Å²) in [6, 6.07) is 11.8. The first-order valence-corrected chi connectivity index (χ1v) is 13.4. The molecule has 1 aliphatic carbocycles. The quantitative estimate of drug-likeness (QED) is 0.426. The summed E-state index contributed by atoms with van der Waals surface area (Å²) in [5.74, 6) is 0.954. The second kappa shape index (κ2) is 10.8. The second-order valence-corrected chi connectivity index (χ2v) is 11.2. The number of para-hydroxylation sites is 1. The maximum atomic E-state index is 11.7. The van der Waals surface area contributed by atoms with Crippen molar-refractivity contribution >= 4 is 37.6 Å². The average molecular weight is 519 g/mol. The number of anilines is 3. The summed E-state index contributed by atoms with van der Waals surface area (Å²) >= 11 is 0. The molecular formula is C23H26N4O6S2. The number of aromatic nitrogens is 1. The highest BCUT2D eigenvalue weighted by Crippen LogP contribution is 2.30. The molecule has 1 unspecified atom stereocenters. The van der Waals surface area contributed by atoms with Gasteiger partial charge in [-0.25, -0.2) is 4.98 Å². The van der Waals surface area contributed by atoms with Crippen LogP contribution < -0.4 is 10.6 Å². The summed E-state index contributed by atoms with van der Waals surface area (Å²) < 4.78 is 57.2. The Kier molecular flexibility index (Phi) is 8.59. The molecule has 0 aliphatic heterocycles. The fourth-order valence-corrected chi connectivity index (χ4v) is 3.39. The van der Waals surface area contributed by atoms with Gasteiger partial charge < -0.3 is 10.6 Å². The van der Waals surface area contributed by atoms with Gasteiger partial charge in [-0.1, -0.05) is 36.4 Å². The smallest absolute Gasteiger partial charge is 0.277 e. The van der Waals surface area contributed by atoms with Crippen LogP contribution in [0.2, 0.25) is 0 Å². The van der Waals surface area contributed by atoms with Crippen molar-refractivity contribution in [3.8, 4) is 6.07 Å². The van der Waals surface area contributed by atoms with E-state index in [2.05, 4.69) is 21.7 Å². The molecule has 10 nitrogen and oxygen atoms in total. The van der Waals surface area contributed by atoms with E-state index < -0.39 is 25.0 Å². The molecule has 0 spiro atoms. The highest BCUT2D eigenvalue weighted by Gasteiger charge is 2.33. The molecule has 0 bridgehead atoms. The summed E-state index contributed by atoms with van der Waals surface area (Å²) in [6.07, 6.45) is 8.19. The van der Waals surface area contributed by atoms with Crippen LogP contribution in [0.4, 0.5) is 17.3 Å². The Balaban J connectivity index is 0.000000784. The fraction of sp³-hybridized carbons (Fsp3) is 0.217. The van der Waals surface area contributed by atoms with Gasteiger partial charge in [0.1, 0.15) is 16.6 Å². The zero-order chi connectivity index (χ0) is 26.4. The van der Waals surface area contributed by atoms with Gasteiger partial charge in [0, 0.05) is 11.4 Å². The van der Waals surface area contributed by atoms with E-state index in [1.165, 1.54) is 31.2 Å². The molecule has 1 aromatic carbocycles. The molecule has 0 saturated carbocycles. The van der Waals surface area contributed by atoms with Crippen molar-refractivity contribution in [1.82, 2.24) is 4.98 Å². The van der Waals surface area contributed by atoms with Crippen LogP contribution in [0, 0.1) is 25.2 Å². The number of hydrogen-bond acceptors (Lipinski definition) is 8. The van der Waals surface area contributed by atoms with Gasteiger partial charge >= 0.3 is 0 Å². The highest BCUT2D eigenvalue weighted by molar-refractivity contribution is 7.87. The van der Waals surface area contributed by atoms with Gasteiger partial charge in [-0.05, 0) is 56.2 Å². The van der Waals surface area contributed by atoms with Gasteiger partial charge in [0.05, 0.1) is 11.8 Å². The minimum absolute atomic E-state index is 0.346. The molecule has 3 rings (SSSR count). The second-order valence-electron chi connectivity index (χ2n) is 7.87. The Morgan fingerprint density at radius 2 is 1.57 bits per heavy atom. The molecule has 1 aromatic heterocycles. The fourth-order valence-electron chi connectivity index (χ4n) is 2.90. The van der Waals surface area contributed by atoms with Gasteiger partial charge in [0.15, 0.2) is 5.82 Å². The first-order chi connectivity index (χ1) is 16.1. The Labute approximate surface area is 205 Å². The lowest BCUT2D eigenvalue weighted by molar-refractivity contribution is 0.466. The molecule has 1 aliphatic rings. The summed E-state index contributed by atoms with van der Waals surface area (Å²) in [6.45, 7) is 5.13. The van der Waals surface area contributed by atoms with Crippen LogP contribution in [-0.4, -0.2) is 41.9 Å². The van der Waals surface area contributed by atoms with Crippen molar-refractivity contribution in [3.05, 3.63) is 83.1 Å². The van der Waals surface area contributed by atoms with Crippen molar-refractivity contribution in [3.63, 3.8) is 0 Å². The lowest BCUT2D eigenvalue weighted by Crippen LogP contribution is -2.30. The Hall–Kier alpha value is -3.50. The van der Waals surface area contributed by atoms with Crippen LogP contribution in [0.1, 0.15) is 23.6 Å². The van der Waals surface area contributed by atoms with Gasteiger partial charge in [-0.15, -0.1) is 0 Å². The molecule has 1 atom stereocenters. The van der Waals surface area contributed by atoms with Gasteiger partial charge in [0.25, 0.3) is 20.2 Å². The van der Waals surface area contributed by atoms with Crippen molar-refractivity contribution in [1.29, 1.82) is 5.26 Å². The summed E-state index contributed by atoms with van der Waals surface area (Å²) in [4.78, 5) is 4.60. The highest BCUT2D eigenvalue weighted by atomic mass is 32.2. The standard InChI is InChI=1S/C22H22N4O3S.CH4O3S/c1-15-16(2)20(24-17-8-5-4-6-9-17)26-21(19(15)14-23)25-18-10-7-12-22(3,13-11-18)30(27,28)29;1-5(2,3)4/h4-13H,1-3H3,(H2,24,25,26)(H,27,28,29);1H3,(H,2,3,4). The number of hydrogen-bond donors (Lipinski definition) is 4. The van der Waals surface area contributed by atoms with E-state index in [4.69, 9.17) is 4.55 Å². The largest absolute Gasteiger partial charge is 0.340 e. The molecule has 35 heavy (non-hydrogen) atoms. The van der Waals surface area contributed by atoms with E-state index in [9.17, 15) is 26.7 Å². The van der Waals surface area contributed by atoms with Crippen LogP contribution in [0.3, 0.4) is 0 Å². The van der Waals surface area contributed by atoms with Crippen molar-refractivity contribution in [2.75, 3.05) is 16.9 Å². The maximum Gasteiger partial charge on any atom is 0.277 e. The Morgan fingerprint density at radius 1 is 0.971 bits per heavy atom. The predicted molar refractivity (Wildman–Crippen MR) is 136 cm³/mol. The number of rotatable bonds is 5. The molecule has 0 fully saturated rings. The summed E-state index contributed by atoms with van der Waals surface area (Å²) in [5, 5.41) is 16.0. The first kappa shape index (κ1) is 27.7. The SMILES string of the molecule is CS(=O)(=O)O.Cc1c(Nc2ccccc2)nc(NC2=CC=CC(C)(S(=O)(=O)O)C=C2)c(C#N)c1C. The van der Waals surface area contributed by atoms with Crippen LogP contribution in [0.25, 0.3) is 0 Å². The summed E-state index contributed by atoms with van der Waals surface area (Å²) in [7, 11) is -7.99.